The van der Waals surface area contributed by atoms with Gasteiger partial charge in [-0.15, -0.1) is 0 Å². The Morgan fingerprint density at radius 1 is 1.41 bits per heavy atom. The van der Waals surface area contributed by atoms with Crippen LogP contribution in [0.25, 0.3) is 0 Å². The van der Waals surface area contributed by atoms with Crippen molar-refractivity contribution >= 4 is 17.6 Å². The van der Waals surface area contributed by atoms with E-state index in [1.165, 1.54) is 0 Å². The molecule has 0 aliphatic heterocycles. The molecule has 0 aromatic heterocycles. The van der Waals surface area contributed by atoms with Gasteiger partial charge in [0.15, 0.2) is 0 Å². The lowest BCUT2D eigenvalue weighted by atomic mass is 10.1. The molecule has 1 amide bonds. The van der Waals surface area contributed by atoms with Crippen LogP contribution in [0, 0.1) is 0 Å². The first kappa shape index (κ1) is 13.0. The number of carboxylic acids is 1. The largest absolute Gasteiger partial charge is 0.480 e. The van der Waals surface area contributed by atoms with Crippen LogP contribution in [-0.4, -0.2) is 30.1 Å². The molecule has 0 fully saturated rings. The number of benzene rings is 1. The van der Waals surface area contributed by atoms with Gasteiger partial charge in [0.2, 0.25) is 0 Å². The SMILES string of the molecule is CCC(Nc1cccc(C(=O)NC)c1)C(=O)O. The Kier molecular flexibility index (Phi) is 4.51. The molecule has 1 aromatic carbocycles. The fourth-order valence-corrected chi connectivity index (χ4v) is 1.43. The standard InChI is InChI=1S/C12H16N2O3/c1-3-10(12(16)17)14-9-6-4-5-8(7-9)11(15)13-2/h4-7,10,14H,3H2,1-2H3,(H,13,15)(H,16,17). The Morgan fingerprint density at radius 2 is 2.12 bits per heavy atom. The summed E-state index contributed by atoms with van der Waals surface area (Å²) in [5.74, 6) is -1.10. The van der Waals surface area contributed by atoms with Crippen molar-refractivity contribution < 1.29 is 14.7 Å². The van der Waals surface area contributed by atoms with Crippen LogP contribution < -0.4 is 10.6 Å². The molecule has 1 unspecified atom stereocenters. The highest BCUT2D eigenvalue weighted by Gasteiger charge is 2.14. The van der Waals surface area contributed by atoms with Crippen molar-refractivity contribution in [2.45, 2.75) is 19.4 Å². The number of rotatable bonds is 5. The van der Waals surface area contributed by atoms with Crippen LogP contribution >= 0.6 is 0 Å². The summed E-state index contributed by atoms with van der Waals surface area (Å²) in [5, 5.41) is 14.3. The fraction of sp³-hybridized carbons (Fsp3) is 0.333. The summed E-state index contributed by atoms with van der Waals surface area (Å²) < 4.78 is 0. The van der Waals surface area contributed by atoms with Gasteiger partial charge >= 0.3 is 5.97 Å². The molecular formula is C12H16N2O3. The van der Waals surface area contributed by atoms with E-state index in [4.69, 9.17) is 5.11 Å². The van der Waals surface area contributed by atoms with E-state index in [1.807, 2.05) is 0 Å². The molecular weight excluding hydrogens is 220 g/mol. The Balaban J connectivity index is 2.85. The summed E-state index contributed by atoms with van der Waals surface area (Å²) in [7, 11) is 1.55. The van der Waals surface area contributed by atoms with Crippen molar-refractivity contribution in [2.24, 2.45) is 0 Å². The van der Waals surface area contributed by atoms with Crippen molar-refractivity contribution in [3.05, 3.63) is 29.8 Å². The van der Waals surface area contributed by atoms with E-state index in [0.717, 1.165) is 0 Å². The van der Waals surface area contributed by atoms with Crippen LogP contribution in [0.5, 0.6) is 0 Å². The van der Waals surface area contributed by atoms with Crippen molar-refractivity contribution in [3.8, 4) is 0 Å². The minimum absolute atomic E-state index is 0.197. The predicted octanol–water partition coefficient (Wildman–Crippen LogP) is 1.32. The zero-order valence-corrected chi connectivity index (χ0v) is 9.86. The fourth-order valence-electron chi connectivity index (χ4n) is 1.43. The number of anilines is 1. The number of nitrogens with one attached hydrogen (secondary N) is 2. The van der Waals surface area contributed by atoms with Crippen LogP contribution in [0.1, 0.15) is 23.7 Å². The maximum Gasteiger partial charge on any atom is 0.326 e. The van der Waals surface area contributed by atoms with Crippen LogP contribution in [-0.2, 0) is 4.79 Å². The molecule has 1 atom stereocenters. The smallest absolute Gasteiger partial charge is 0.326 e. The summed E-state index contributed by atoms with van der Waals surface area (Å²) in [6.07, 6.45) is 0.472. The molecule has 17 heavy (non-hydrogen) atoms. The van der Waals surface area contributed by atoms with Gasteiger partial charge in [0.05, 0.1) is 0 Å². The Hall–Kier alpha value is -2.04. The number of carbonyl (C=O) groups excluding carboxylic acids is 1. The summed E-state index contributed by atoms with van der Waals surface area (Å²) in [6, 6.07) is 6.10. The quantitative estimate of drug-likeness (QED) is 0.720. The lowest BCUT2D eigenvalue weighted by molar-refractivity contribution is -0.137. The number of carboxylic acid groups (broad SMARTS) is 1. The summed E-state index contributed by atoms with van der Waals surface area (Å²) in [5.41, 5.74) is 1.12. The van der Waals surface area contributed by atoms with E-state index in [9.17, 15) is 9.59 Å². The molecule has 0 heterocycles. The average Bonchev–Trinajstić information content (AvgIpc) is 2.34. The molecule has 0 aliphatic carbocycles. The second-order valence-electron chi connectivity index (χ2n) is 3.60. The molecule has 0 saturated heterocycles. The lowest BCUT2D eigenvalue weighted by Gasteiger charge is -2.14. The lowest BCUT2D eigenvalue weighted by Crippen LogP contribution is -2.28. The van der Waals surface area contributed by atoms with Crippen molar-refractivity contribution in [2.75, 3.05) is 12.4 Å². The molecule has 3 N–H and O–H groups in total. The number of hydrogen-bond acceptors (Lipinski definition) is 3. The van der Waals surface area contributed by atoms with Crippen LogP contribution in [0.2, 0.25) is 0 Å². The van der Waals surface area contributed by atoms with Gasteiger partial charge in [-0.1, -0.05) is 13.0 Å². The second-order valence-corrected chi connectivity index (χ2v) is 3.60. The number of hydrogen-bond donors (Lipinski definition) is 3. The van der Waals surface area contributed by atoms with Gasteiger partial charge in [0.1, 0.15) is 6.04 Å². The van der Waals surface area contributed by atoms with Gasteiger partial charge < -0.3 is 15.7 Å². The van der Waals surface area contributed by atoms with E-state index >= 15 is 0 Å². The van der Waals surface area contributed by atoms with E-state index in [0.29, 0.717) is 17.7 Å². The molecule has 92 valence electrons. The van der Waals surface area contributed by atoms with Gasteiger partial charge in [0.25, 0.3) is 5.91 Å². The molecule has 0 aliphatic rings. The topological polar surface area (TPSA) is 78.4 Å². The third kappa shape index (κ3) is 3.48. The second kappa shape index (κ2) is 5.89. The number of amides is 1. The Morgan fingerprint density at radius 3 is 2.65 bits per heavy atom. The molecule has 1 aromatic rings. The zero-order valence-electron chi connectivity index (χ0n) is 9.86. The molecule has 0 radical (unpaired) electrons. The molecule has 5 nitrogen and oxygen atoms in total. The Labute approximate surface area is 99.8 Å². The van der Waals surface area contributed by atoms with Gasteiger partial charge in [0, 0.05) is 18.3 Å². The average molecular weight is 236 g/mol. The minimum Gasteiger partial charge on any atom is -0.480 e. The van der Waals surface area contributed by atoms with Crippen molar-refractivity contribution in [1.29, 1.82) is 0 Å². The molecule has 0 saturated carbocycles. The minimum atomic E-state index is -0.905. The van der Waals surface area contributed by atoms with Crippen LogP contribution in [0.15, 0.2) is 24.3 Å². The third-order valence-electron chi connectivity index (χ3n) is 2.40. The molecule has 0 bridgehead atoms. The van der Waals surface area contributed by atoms with Gasteiger partial charge in [-0.05, 0) is 24.6 Å². The van der Waals surface area contributed by atoms with E-state index in [-0.39, 0.29) is 5.91 Å². The first-order chi connectivity index (χ1) is 8.08. The molecule has 0 spiro atoms. The van der Waals surface area contributed by atoms with E-state index < -0.39 is 12.0 Å². The predicted molar refractivity (Wildman–Crippen MR) is 65.2 cm³/mol. The summed E-state index contributed by atoms with van der Waals surface area (Å²) >= 11 is 0. The first-order valence-corrected chi connectivity index (χ1v) is 5.40. The first-order valence-electron chi connectivity index (χ1n) is 5.40. The monoisotopic (exact) mass is 236 g/mol. The van der Waals surface area contributed by atoms with Crippen LogP contribution in [0.3, 0.4) is 0 Å². The van der Waals surface area contributed by atoms with E-state index in [1.54, 1.807) is 38.2 Å². The highest BCUT2D eigenvalue weighted by Crippen LogP contribution is 2.13. The van der Waals surface area contributed by atoms with E-state index in [2.05, 4.69) is 10.6 Å². The van der Waals surface area contributed by atoms with Crippen LogP contribution in [0.4, 0.5) is 5.69 Å². The molecule has 5 heteroatoms. The molecule has 1 rings (SSSR count). The maximum absolute atomic E-state index is 11.4. The zero-order chi connectivity index (χ0) is 12.8. The normalized spacial score (nSPS) is 11.6. The third-order valence-corrected chi connectivity index (χ3v) is 2.40. The number of aliphatic carboxylic acids is 1. The van der Waals surface area contributed by atoms with Gasteiger partial charge in [-0.3, -0.25) is 4.79 Å². The van der Waals surface area contributed by atoms with Gasteiger partial charge in [-0.2, -0.15) is 0 Å². The van der Waals surface area contributed by atoms with Crippen molar-refractivity contribution in [3.63, 3.8) is 0 Å². The Bertz CT molecular complexity index is 418. The highest BCUT2D eigenvalue weighted by atomic mass is 16.4. The summed E-state index contributed by atoms with van der Waals surface area (Å²) in [4.78, 5) is 22.3. The van der Waals surface area contributed by atoms with Gasteiger partial charge in [-0.25, -0.2) is 4.79 Å². The highest BCUT2D eigenvalue weighted by molar-refractivity contribution is 5.95. The summed E-state index contributed by atoms with van der Waals surface area (Å²) in [6.45, 7) is 1.79. The maximum atomic E-state index is 11.4. The number of carbonyl (C=O) groups is 2. The van der Waals surface area contributed by atoms with Crippen molar-refractivity contribution in [1.82, 2.24) is 5.32 Å².